The van der Waals surface area contributed by atoms with Crippen LogP contribution in [0.4, 0.5) is 0 Å². The highest BCUT2D eigenvalue weighted by atomic mass is 16.3. The van der Waals surface area contributed by atoms with Crippen LogP contribution in [0.1, 0.15) is 32.3 Å². The maximum Gasteiger partial charge on any atom is 0.0718 e. The van der Waals surface area contributed by atoms with E-state index in [0.29, 0.717) is 0 Å². The van der Waals surface area contributed by atoms with E-state index in [1.165, 1.54) is 5.56 Å². The smallest absolute Gasteiger partial charge is 0.0718 e. The van der Waals surface area contributed by atoms with Crippen LogP contribution in [-0.2, 0) is 6.42 Å². The molecule has 1 unspecified atom stereocenters. The Morgan fingerprint density at radius 1 is 1.18 bits per heavy atom. The molecule has 0 heterocycles. The van der Waals surface area contributed by atoms with Crippen LogP contribution in [0.3, 0.4) is 0 Å². The first kappa shape index (κ1) is 14.2. The van der Waals surface area contributed by atoms with E-state index in [0.717, 1.165) is 19.3 Å². The number of aryl methyl sites for hydroxylation is 1. The fraction of sp³-hybridized carbons (Fsp3) is 0.600. The van der Waals surface area contributed by atoms with E-state index in [-0.39, 0.29) is 11.6 Å². The van der Waals surface area contributed by atoms with E-state index in [1.807, 2.05) is 20.2 Å². The van der Waals surface area contributed by atoms with Crippen molar-refractivity contribution >= 4 is 0 Å². The Morgan fingerprint density at radius 2 is 1.76 bits per heavy atom. The van der Waals surface area contributed by atoms with Crippen LogP contribution in [0, 0.1) is 0 Å². The lowest BCUT2D eigenvalue weighted by Crippen LogP contribution is -2.48. The summed E-state index contributed by atoms with van der Waals surface area (Å²) in [5.74, 6) is 0. The van der Waals surface area contributed by atoms with Gasteiger partial charge >= 0.3 is 0 Å². The molecule has 0 bridgehead atoms. The summed E-state index contributed by atoms with van der Waals surface area (Å²) in [5, 5.41) is 10.2. The second-order valence-corrected chi connectivity index (χ2v) is 5.44. The normalized spacial score (nSPS) is 14.0. The van der Waals surface area contributed by atoms with E-state index in [1.54, 1.807) is 0 Å². The van der Waals surface area contributed by atoms with E-state index >= 15 is 0 Å². The summed E-state index contributed by atoms with van der Waals surface area (Å²) in [7, 11) is 4.03. The Balaban J connectivity index is 2.37. The van der Waals surface area contributed by atoms with Gasteiger partial charge in [0.1, 0.15) is 0 Å². The zero-order valence-electron chi connectivity index (χ0n) is 11.5. The zero-order valence-corrected chi connectivity index (χ0v) is 11.5. The maximum absolute atomic E-state index is 10.2. The van der Waals surface area contributed by atoms with Crippen LogP contribution in [0.15, 0.2) is 30.3 Å². The summed E-state index contributed by atoms with van der Waals surface area (Å²) in [4.78, 5) is 2.08. The SMILES string of the molecule is CN(C)C(C)(C)C(O)CCCc1ccccc1. The molecule has 0 radical (unpaired) electrons. The Morgan fingerprint density at radius 3 is 2.29 bits per heavy atom. The third-order valence-corrected chi connectivity index (χ3v) is 3.75. The van der Waals surface area contributed by atoms with Crippen molar-refractivity contribution in [2.75, 3.05) is 14.1 Å². The van der Waals surface area contributed by atoms with Crippen molar-refractivity contribution in [3.8, 4) is 0 Å². The van der Waals surface area contributed by atoms with Gasteiger partial charge in [0.05, 0.1) is 6.10 Å². The average molecular weight is 235 g/mol. The second-order valence-electron chi connectivity index (χ2n) is 5.44. The first-order chi connectivity index (χ1) is 7.94. The zero-order chi connectivity index (χ0) is 12.9. The van der Waals surface area contributed by atoms with Gasteiger partial charge in [-0.05, 0) is 52.8 Å². The number of nitrogens with zero attached hydrogens (tertiary/aromatic N) is 1. The van der Waals surface area contributed by atoms with E-state index in [9.17, 15) is 5.11 Å². The maximum atomic E-state index is 10.2. The molecule has 1 rings (SSSR count). The van der Waals surface area contributed by atoms with Crippen LogP contribution in [0.5, 0.6) is 0 Å². The largest absolute Gasteiger partial charge is 0.391 e. The summed E-state index contributed by atoms with van der Waals surface area (Å²) in [6.45, 7) is 4.17. The van der Waals surface area contributed by atoms with Gasteiger partial charge in [-0.15, -0.1) is 0 Å². The molecule has 0 saturated heterocycles. The minimum Gasteiger partial charge on any atom is -0.391 e. The van der Waals surface area contributed by atoms with Crippen molar-refractivity contribution in [3.63, 3.8) is 0 Å². The summed E-state index contributed by atoms with van der Waals surface area (Å²) >= 11 is 0. The molecule has 0 fully saturated rings. The molecular weight excluding hydrogens is 210 g/mol. The van der Waals surface area contributed by atoms with Gasteiger partial charge in [0.25, 0.3) is 0 Å². The van der Waals surface area contributed by atoms with Gasteiger partial charge in [-0.25, -0.2) is 0 Å². The first-order valence-corrected chi connectivity index (χ1v) is 6.34. The highest BCUT2D eigenvalue weighted by molar-refractivity contribution is 5.14. The fourth-order valence-electron chi connectivity index (χ4n) is 1.80. The van der Waals surface area contributed by atoms with Crippen molar-refractivity contribution < 1.29 is 5.11 Å². The molecule has 96 valence electrons. The number of benzene rings is 1. The van der Waals surface area contributed by atoms with Gasteiger partial charge in [0.15, 0.2) is 0 Å². The molecule has 0 aliphatic heterocycles. The van der Waals surface area contributed by atoms with Gasteiger partial charge in [-0.3, -0.25) is 0 Å². The molecule has 0 aromatic heterocycles. The number of aliphatic hydroxyl groups is 1. The number of hydrogen-bond donors (Lipinski definition) is 1. The average Bonchev–Trinajstić information content (AvgIpc) is 2.30. The molecule has 0 aliphatic rings. The highest BCUT2D eigenvalue weighted by Gasteiger charge is 2.29. The van der Waals surface area contributed by atoms with Crippen molar-refractivity contribution in [2.24, 2.45) is 0 Å². The first-order valence-electron chi connectivity index (χ1n) is 6.34. The Labute approximate surface area is 105 Å². The van der Waals surface area contributed by atoms with Crippen LogP contribution < -0.4 is 0 Å². The Kier molecular flexibility index (Phi) is 5.16. The molecule has 1 aromatic carbocycles. The van der Waals surface area contributed by atoms with Crippen LogP contribution in [-0.4, -0.2) is 35.7 Å². The van der Waals surface area contributed by atoms with Crippen LogP contribution >= 0.6 is 0 Å². The molecule has 1 aromatic rings. The predicted octanol–water partition coefficient (Wildman–Crippen LogP) is 2.71. The van der Waals surface area contributed by atoms with E-state index < -0.39 is 0 Å². The molecule has 1 N–H and O–H groups in total. The third kappa shape index (κ3) is 4.14. The fourth-order valence-corrected chi connectivity index (χ4v) is 1.80. The lowest BCUT2D eigenvalue weighted by Gasteiger charge is -2.37. The number of hydrogen-bond acceptors (Lipinski definition) is 2. The van der Waals surface area contributed by atoms with E-state index in [2.05, 4.69) is 43.0 Å². The molecule has 0 spiro atoms. The second kappa shape index (κ2) is 6.18. The molecule has 2 nitrogen and oxygen atoms in total. The topological polar surface area (TPSA) is 23.5 Å². The molecular formula is C15H25NO. The summed E-state index contributed by atoms with van der Waals surface area (Å²) in [6.07, 6.45) is 2.64. The van der Waals surface area contributed by atoms with Crippen LogP contribution in [0.2, 0.25) is 0 Å². The monoisotopic (exact) mass is 235 g/mol. The van der Waals surface area contributed by atoms with Gasteiger partial charge in [-0.2, -0.15) is 0 Å². The lowest BCUT2D eigenvalue weighted by molar-refractivity contribution is 0.0114. The molecule has 2 heteroatoms. The van der Waals surface area contributed by atoms with Crippen LogP contribution in [0.25, 0.3) is 0 Å². The molecule has 0 saturated carbocycles. The summed E-state index contributed by atoms with van der Waals surface area (Å²) in [5.41, 5.74) is 1.19. The van der Waals surface area contributed by atoms with E-state index in [4.69, 9.17) is 0 Å². The van der Waals surface area contributed by atoms with Crippen molar-refractivity contribution in [2.45, 2.75) is 44.8 Å². The molecule has 0 amide bonds. The summed E-state index contributed by atoms with van der Waals surface area (Å²) in [6, 6.07) is 10.4. The van der Waals surface area contributed by atoms with Gasteiger partial charge in [-0.1, -0.05) is 30.3 Å². The third-order valence-electron chi connectivity index (χ3n) is 3.75. The number of aliphatic hydroxyl groups excluding tert-OH is 1. The minimum atomic E-state index is -0.277. The summed E-state index contributed by atoms with van der Waals surface area (Å²) < 4.78 is 0. The van der Waals surface area contributed by atoms with Gasteiger partial charge in [0, 0.05) is 5.54 Å². The number of likely N-dealkylation sites (N-methyl/N-ethyl adjacent to an activating group) is 1. The standard InChI is InChI=1S/C15H25NO/c1-15(2,16(3)4)14(17)12-8-11-13-9-6-5-7-10-13/h5-7,9-10,14,17H,8,11-12H2,1-4H3. The molecule has 0 aliphatic carbocycles. The molecule has 17 heavy (non-hydrogen) atoms. The number of rotatable bonds is 6. The van der Waals surface area contributed by atoms with Gasteiger partial charge in [0.2, 0.25) is 0 Å². The van der Waals surface area contributed by atoms with Crippen molar-refractivity contribution in [1.29, 1.82) is 0 Å². The Hall–Kier alpha value is -0.860. The van der Waals surface area contributed by atoms with Gasteiger partial charge < -0.3 is 10.0 Å². The molecule has 1 atom stereocenters. The lowest BCUT2D eigenvalue weighted by atomic mass is 9.91. The van der Waals surface area contributed by atoms with Crippen molar-refractivity contribution in [3.05, 3.63) is 35.9 Å². The highest BCUT2D eigenvalue weighted by Crippen LogP contribution is 2.20. The minimum absolute atomic E-state index is 0.156. The predicted molar refractivity (Wildman–Crippen MR) is 73.2 cm³/mol. The quantitative estimate of drug-likeness (QED) is 0.819. The van der Waals surface area contributed by atoms with Crippen molar-refractivity contribution in [1.82, 2.24) is 4.90 Å². The Bertz CT molecular complexity index is 319.